The molecule has 0 saturated heterocycles. The van der Waals surface area contributed by atoms with Gasteiger partial charge in [0, 0.05) is 23.5 Å². The average Bonchev–Trinajstić information content (AvgIpc) is 2.76. The summed E-state index contributed by atoms with van der Waals surface area (Å²) in [5, 5.41) is 10.8. The number of halogens is 3. The van der Waals surface area contributed by atoms with Crippen LogP contribution >= 0.6 is 54.5 Å². The maximum atomic E-state index is 12.3. The second-order valence-electron chi connectivity index (χ2n) is 6.87. The maximum Gasteiger partial charge on any atom is 0.338 e. The van der Waals surface area contributed by atoms with Crippen LogP contribution in [0.5, 0.6) is 11.5 Å². The Bertz CT molecular complexity index is 1310. The van der Waals surface area contributed by atoms with Gasteiger partial charge in [-0.15, -0.1) is 0 Å². The molecule has 4 aromatic rings. The molecule has 0 aliphatic carbocycles. The maximum absolute atomic E-state index is 12.3. The Labute approximate surface area is 215 Å². The first-order valence-corrected chi connectivity index (χ1v) is 12.2. The third-order valence-electron chi connectivity index (χ3n) is 4.69. The van der Waals surface area contributed by atoms with E-state index in [2.05, 4.69) is 59.4 Å². The minimum atomic E-state index is -1.07. The summed E-state index contributed by atoms with van der Waals surface area (Å²) in [5.41, 5.74) is 1.70. The fourth-order valence-electron chi connectivity index (χ4n) is 3.29. The van der Waals surface area contributed by atoms with Crippen LogP contribution in [0.25, 0.3) is 10.9 Å². The van der Waals surface area contributed by atoms with Crippen LogP contribution in [0, 0.1) is 3.57 Å². The Morgan fingerprint density at radius 1 is 0.906 bits per heavy atom. The van der Waals surface area contributed by atoms with Crippen molar-refractivity contribution >= 4 is 71.3 Å². The number of rotatable bonds is 7. The van der Waals surface area contributed by atoms with Gasteiger partial charge in [0.25, 0.3) is 0 Å². The number of benzene rings is 3. The summed E-state index contributed by atoms with van der Waals surface area (Å²) < 4.78 is 14.6. The molecule has 0 spiro atoms. The molecule has 1 N–H and O–H groups in total. The number of nitrogens with zero attached hydrogens (tertiary/aromatic N) is 1. The zero-order valence-electron chi connectivity index (χ0n) is 16.5. The largest absolute Gasteiger partial charge is 0.489 e. The predicted molar refractivity (Wildman–Crippen MR) is 138 cm³/mol. The molecule has 0 radical (unpaired) electrons. The lowest BCUT2D eigenvalue weighted by Gasteiger charge is -2.16. The highest BCUT2D eigenvalue weighted by Gasteiger charge is 2.22. The van der Waals surface area contributed by atoms with E-state index in [4.69, 9.17) is 9.47 Å². The minimum Gasteiger partial charge on any atom is -0.489 e. The van der Waals surface area contributed by atoms with E-state index in [0.29, 0.717) is 28.3 Å². The Hall–Kier alpha value is -2.17. The zero-order chi connectivity index (χ0) is 22.7. The molecule has 32 heavy (non-hydrogen) atoms. The first-order chi connectivity index (χ1) is 15.4. The average molecular weight is 669 g/mol. The van der Waals surface area contributed by atoms with E-state index < -0.39 is 5.97 Å². The zero-order valence-corrected chi connectivity index (χ0v) is 21.8. The van der Waals surface area contributed by atoms with Crippen molar-refractivity contribution < 1.29 is 19.4 Å². The second-order valence-corrected chi connectivity index (χ2v) is 9.95. The molecule has 0 unspecified atom stereocenters. The normalized spacial score (nSPS) is 10.8. The highest BCUT2D eigenvalue weighted by molar-refractivity contribution is 14.1. The van der Waals surface area contributed by atoms with Crippen molar-refractivity contribution in [3.05, 3.63) is 96.1 Å². The number of ether oxygens (including phenoxy) is 2. The van der Waals surface area contributed by atoms with Crippen molar-refractivity contribution in [2.75, 3.05) is 0 Å². The van der Waals surface area contributed by atoms with Gasteiger partial charge in [0.1, 0.15) is 24.7 Å². The molecular formula is C24H16Br2INO4. The van der Waals surface area contributed by atoms with Gasteiger partial charge >= 0.3 is 5.97 Å². The number of carboxylic acid groups (broad SMARTS) is 1. The van der Waals surface area contributed by atoms with E-state index in [-0.39, 0.29) is 18.8 Å². The predicted octanol–water partition coefficient (Wildman–Crippen LogP) is 7.22. The van der Waals surface area contributed by atoms with Crippen LogP contribution in [0.15, 0.2) is 75.7 Å². The number of hydrogen-bond donors (Lipinski definition) is 1. The smallest absolute Gasteiger partial charge is 0.338 e. The third kappa shape index (κ3) is 5.41. The topological polar surface area (TPSA) is 68.7 Å². The molecule has 0 saturated carbocycles. The molecule has 0 aliphatic heterocycles. The molecule has 3 aromatic carbocycles. The van der Waals surface area contributed by atoms with Crippen LogP contribution in [0.4, 0.5) is 0 Å². The molecule has 0 aliphatic rings. The number of carbonyl (C=O) groups is 1. The highest BCUT2D eigenvalue weighted by Crippen LogP contribution is 2.29. The van der Waals surface area contributed by atoms with E-state index >= 15 is 0 Å². The van der Waals surface area contributed by atoms with Gasteiger partial charge in [-0.1, -0.05) is 44.0 Å². The molecule has 162 valence electrons. The summed E-state index contributed by atoms with van der Waals surface area (Å²) in [7, 11) is 0. The molecule has 4 rings (SSSR count). The van der Waals surface area contributed by atoms with Crippen LogP contribution < -0.4 is 9.47 Å². The number of pyridine rings is 1. The van der Waals surface area contributed by atoms with Gasteiger partial charge in [0.2, 0.25) is 0 Å². The first kappa shape index (κ1) is 23.0. The SMILES string of the molecule is O=C(O)c1c(COc2cccc(Br)c2)nc2ccc(I)cc2c1COc1cccc(Br)c1. The number of hydrogen-bond acceptors (Lipinski definition) is 4. The number of aromatic nitrogens is 1. The molecule has 1 heterocycles. The Kier molecular flexibility index (Phi) is 7.32. The van der Waals surface area contributed by atoms with Crippen LogP contribution in [0.1, 0.15) is 21.6 Å². The van der Waals surface area contributed by atoms with E-state index in [9.17, 15) is 9.90 Å². The molecule has 1 aromatic heterocycles. The fourth-order valence-corrected chi connectivity index (χ4v) is 4.53. The summed E-state index contributed by atoms with van der Waals surface area (Å²) in [6.45, 7) is 0.102. The lowest BCUT2D eigenvalue weighted by Crippen LogP contribution is -2.14. The molecule has 0 amide bonds. The van der Waals surface area contributed by atoms with E-state index in [1.165, 1.54) is 0 Å². The van der Waals surface area contributed by atoms with Gasteiger partial charge < -0.3 is 14.6 Å². The summed E-state index contributed by atoms with van der Waals surface area (Å²) in [6, 6.07) is 20.6. The monoisotopic (exact) mass is 667 g/mol. The molecule has 0 fully saturated rings. The number of aromatic carboxylic acids is 1. The Balaban J connectivity index is 1.76. The summed E-state index contributed by atoms with van der Waals surface area (Å²) in [4.78, 5) is 17.0. The third-order valence-corrected chi connectivity index (χ3v) is 6.35. The summed E-state index contributed by atoms with van der Waals surface area (Å²) >= 11 is 9.05. The lowest BCUT2D eigenvalue weighted by atomic mass is 10.0. The van der Waals surface area contributed by atoms with Crippen LogP contribution in [-0.2, 0) is 13.2 Å². The van der Waals surface area contributed by atoms with Crippen molar-refractivity contribution in [3.63, 3.8) is 0 Å². The van der Waals surface area contributed by atoms with Crippen molar-refractivity contribution in [3.8, 4) is 11.5 Å². The van der Waals surface area contributed by atoms with Gasteiger partial charge in [-0.05, 0) is 77.2 Å². The molecule has 0 atom stereocenters. The first-order valence-electron chi connectivity index (χ1n) is 9.52. The Morgan fingerprint density at radius 2 is 1.53 bits per heavy atom. The van der Waals surface area contributed by atoms with E-state index in [1.807, 2.05) is 66.7 Å². The van der Waals surface area contributed by atoms with Crippen LogP contribution in [0.2, 0.25) is 0 Å². The van der Waals surface area contributed by atoms with Crippen molar-refractivity contribution in [2.24, 2.45) is 0 Å². The highest BCUT2D eigenvalue weighted by atomic mass is 127. The van der Waals surface area contributed by atoms with Crippen molar-refractivity contribution in [1.29, 1.82) is 0 Å². The lowest BCUT2D eigenvalue weighted by molar-refractivity contribution is 0.0690. The van der Waals surface area contributed by atoms with Crippen molar-refractivity contribution in [1.82, 2.24) is 4.98 Å². The summed E-state index contributed by atoms with van der Waals surface area (Å²) in [5.74, 6) is 0.185. The van der Waals surface area contributed by atoms with Crippen molar-refractivity contribution in [2.45, 2.75) is 13.2 Å². The van der Waals surface area contributed by atoms with E-state index in [1.54, 1.807) is 0 Å². The van der Waals surface area contributed by atoms with Gasteiger partial charge in [0.05, 0.1) is 16.8 Å². The molecule has 5 nitrogen and oxygen atoms in total. The van der Waals surface area contributed by atoms with E-state index in [0.717, 1.165) is 17.9 Å². The molecular weight excluding hydrogens is 653 g/mol. The van der Waals surface area contributed by atoms with Crippen LogP contribution in [-0.4, -0.2) is 16.1 Å². The fraction of sp³-hybridized carbons (Fsp3) is 0.0833. The van der Waals surface area contributed by atoms with Gasteiger partial charge in [-0.25, -0.2) is 9.78 Å². The van der Waals surface area contributed by atoms with Crippen LogP contribution in [0.3, 0.4) is 0 Å². The minimum absolute atomic E-state index is 0.0178. The quantitative estimate of drug-likeness (QED) is 0.211. The van der Waals surface area contributed by atoms with Gasteiger partial charge in [-0.3, -0.25) is 0 Å². The van der Waals surface area contributed by atoms with Gasteiger partial charge in [-0.2, -0.15) is 0 Å². The number of carboxylic acids is 1. The second kappa shape index (κ2) is 10.2. The summed E-state index contributed by atoms with van der Waals surface area (Å²) in [6.07, 6.45) is 0. The molecule has 8 heteroatoms. The Morgan fingerprint density at radius 3 is 2.12 bits per heavy atom. The molecule has 0 bridgehead atoms. The van der Waals surface area contributed by atoms with Gasteiger partial charge in [0.15, 0.2) is 0 Å². The number of fused-ring (bicyclic) bond motifs is 1. The standard InChI is InChI=1S/C24H16Br2INO4/c25-14-3-1-5-17(9-14)31-12-20-19-11-16(27)7-8-21(19)28-22(23(20)24(29)30)13-32-18-6-2-4-15(26)10-18/h1-11H,12-13H2,(H,29,30).